The zero-order valence-electron chi connectivity index (χ0n) is 7.77. The molecule has 1 saturated carbocycles. The van der Waals surface area contributed by atoms with Crippen molar-refractivity contribution in [3.8, 4) is 0 Å². The molecule has 1 aliphatic carbocycles. The highest BCUT2D eigenvalue weighted by atomic mass is 16.4. The second-order valence-corrected chi connectivity index (χ2v) is 3.65. The predicted molar refractivity (Wildman–Crippen MR) is 49.6 cm³/mol. The van der Waals surface area contributed by atoms with E-state index in [0.29, 0.717) is 12.5 Å². The lowest BCUT2D eigenvalue weighted by Crippen LogP contribution is -2.17. The van der Waals surface area contributed by atoms with Crippen molar-refractivity contribution in [3.63, 3.8) is 0 Å². The Balaban J connectivity index is 1.63. The Labute approximate surface area is 81.9 Å². The number of aliphatic carboxylic acids is 1. The third-order valence-corrected chi connectivity index (χ3v) is 2.53. The third kappa shape index (κ3) is 2.14. The van der Waals surface area contributed by atoms with E-state index in [0.717, 1.165) is 18.7 Å². The highest BCUT2D eigenvalue weighted by molar-refractivity contribution is 5.73. The lowest BCUT2D eigenvalue weighted by Gasteiger charge is -2.00. The Kier molecular flexibility index (Phi) is 2.54. The van der Waals surface area contributed by atoms with E-state index < -0.39 is 5.97 Å². The van der Waals surface area contributed by atoms with Gasteiger partial charge >= 0.3 is 5.97 Å². The fraction of sp³-hybridized carbons (Fsp3) is 0.500. The number of nitrogens with one attached hydrogen (secondary N) is 1. The van der Waals surface area contributed by atoms with Gasteiger partial charge in [0.2, 0.25) is 0 Å². The largest absolute Gasteiger partial charge is 0.481 e. The molecule has 0 spiro atoms. The van der Waals surface area contributed by atoms with Gasteiger partial charge in [-0.15, -0.1) is 0 Å². The Morgan fingerprint density at radius 1 is 1.71 bits per heavy atom. The van der Waals surface area contributed by atoms with Gasteiger partial charge in [-0.25, -0.2) is 0 Å². The molecule has 76 valence electrons. The fourth-order valence-electron chi connectivity index (χ4n) is 1.57. The van der Waals surface area contributed by atoms with Gasteiger partial charge in [0.05, 0.1) is 18.7 Å². The summed E-state index contributed by atoms with van der Waals surface area (Å²) in [6, 6.07) is 3.74. The van der Waals surface area contributed by atoms with Crippen molar-refractivity contribution in [2.24, 2.45) is 11.8 Å². The van der Waals surface area contributed by atoms with Gasteiger partial charge in [0.1, 0.15) is 5.76 Å². The molecule has 1 aromatic rings. The van der Waals surface area contributed by atoms with Crippen molar-refractivity contribution in [1.29, 1.82) is 0 Å². The fourth-order valence-corrected chi connectivity index (χ4v) is 1.57. The Hall–Kier alpha value is -1.29. The van der Waals surface area contributed by atoms with E-state index >= 15 is 0 Å². The van der Waals surface area contributed by atoms with Crippen LogP contribution in [-0.4, -0.2) is 17.6 Å². The van der Waals surface area contributed by atoms with E-state index in [1.807, 2.05) is 12.1 Å². The van der Waals surface area contributed by atoms with Crippen molar-refractivity contribution in [1.82, 2.24) is 5.32 Å². The van der Waals surface area contributed by atoms with Crippen LogP contribution in [0.25, 0.3) is 0 Å². The SMILES string of the molecule is O=C(O)C1CC1CNCc1ccco1. The molecule has 0 saturated heterocycles. The summed E-state index contributed by atoms with van der Waals surface area (Å²) >= 11 is 0. The summed E-state index contributed by atoms with van der Waals surface area (Å²) in [7, 11) is 0. The van der Waals surface area contributed by atoms with Crippen molar-refractivity contribution in [2.75, 3.05) is 6.54 Å². The Morgan fingerprint density at radius 3 is 3.14 bits per heavy atom. The van der Waals surface area contributed by atoms with Gasteiger partial charge in [0, 0.05) is 0 Å². The van der Waals surface area contributed by atoms with Gasteiger partial charge in [0.25, 0.3) is 0 Å². The molecule has 1 heterocycles. The maximum Gasteiger partial charge on any atom is 0.306 e. The molecule has 4 nitrogen and oxygen atoms in total. The van der Waals surface area contributed by atoms with Crippen LogP contribution in [0.5, 0.6) is 0 Å². The standard InChI is InChI=1S/C10H13NO3/c12-10(13)9-4-7(9)5-11-6-8-2-1-3-14-8/h1-3,7,9,11H,4-6H2,(H,12,13). The number of furan rings is 1. The van der Waals surface area contributed by atoms with Crippen molar-refractivity contribution < 1.29 is 14.3 Å². The number of carbonyl (C=O) groups is 1. The molecule has 0 aliphatic heterocycles. The molecule has 0 radical (unpaired) electrons. The molecular formula is C10H13NO3. The third-order valence-electron chi connectivity index (χ3n) is 2.53. The van der Waals surface area contributed by atoms with Crippen molar-refractivity contribution in [3.05, 3.63) is 24.2 Å². The van der Waals surface area contributed by atoms with Gasteiger partial charge in [-0.3, -0.25) is 4.79 Å². The lowest BCUT2D eigenvalue weighted by atomic mass is 10.3. The molecule has 2 rings (SSSR count). The van der Waals surface area contributed by atoms with E-state index in [9.17, 15) is 4.79 Å². The monoisotopic (exact) mass is 195 g/mol. The molecule has 2 N–H and O–H groups in total. The minimum absolute atomic E-state index is 0.126. The molecule has 1 fully saturated rings. The highest BCUT2D eigenvalue weighted by Gasteiger charge is 2.42. The van der Waals surface area contributed by atoms with Gasteiger partial charge in [0.15, 0.2) is 0 Å². The summed E-state index contributed by atoms with van der Waals surface area (Å²) in [6.07, 6.45) is 2.44. The molecule has 4 heteroatoms. The molecule has 0 aromatic carbocycles. The molecule has 14 heavy (non-hydrogen) atoms. The van der Waals surface area contributed by atoms with Crippen LogP contribution in [0.4, 0.5) is 0 Å². The minimum Gasteiger partial charge on any atom is -0.481 e. The Morgan fingerprint density at radius 2 is 2.57 bits per heavy atom. The lowest BCUT2D eigenvalue weighted by molar-refractivity contribution is -0.138. The first-order valence-electron chi connectivity index (χ1n) is 4.73. The summed E-state index contributed by atoms with van der Waals surface area (Å²) in [5.41, 5.74) is 0. The first kappa shape index (κ1) is 9.27. The van der Waals surface area contributed by atoms with Crippen LogP contribution in [0.1, 0.15) is 12.2 Å². The smallest absolute Gasteiger partial charge is 0.306 e. The van der Waals surface area contributed by atoms with Crippen LogP contribution >= 0.6 is 0 Å². The van der Waals surface area contributed by atoms with Crippen LogP contribution in [0, 0.1) is 11.8 Å². The van der Waals surface area contributed by atoms with Crippen LogP contribution < -0.4 is 5.32 Å². The number of rotatable bonds is 5. The van der Waals surface area contributed by atoms with E-state index in [2.05, 4.69) is 5.32 Å². The summed E-state index contributed by atoms with van der Waals surface area (Å²) in [4.78, 5) is 10.5. The normalized spacial score (nSPS) is 24.9. The second kappa shape index (κ2) is 3.84. The minimum atomic E-state index is -0.671. The van der Waals surface area contributed by atoms with E-state index in [1.165, 1.54) is 0 Å². The molecule has 1 aromatic heterocycles. The number of hydrogen-bond acceptors (Lipinski definition) is 3. The van der Waals surface area contributed by atoms with Crippen LogP contribution in [-0.2, 0) is 11.3 Å². The maximum atomic E-state index is 10.5. The van der Waals surface area contributed by atoms with Crippen molar-refractivity contribution >= 4 is 5.97 Å². The molecule has 2 atom stereocenters. The van der Waals surface area contributed by atoms with Gasteiger partial charge in [-0.05, 0) is 31.0 Å². The zero-order valence-corrected chi connectivity index (χ0v) is 7.77. The zero-order chi connectivity index (χ0) is 9.97. The van der Waals surface area contributed by atoms with Crippen molar-refractivity contribution in [2.45, 2.75) is 13.0 Å². The van der Waals surface area contributed by atoms with E-state index in [1.54, 1.807) is 6.26 Å². The average molecular weight is 195 g/mol. The first-order chi connectivity index (χ1) is 6.77. The topological polar surface area (TPSA) is 62.5 Å². The second-order valence-electron chi connectivity index (χ2n) is 3.65. The number of carboxylic acids is 1. The number of hydrogen-bond donors (Lipinski definition) is 2. The molecule has 0 bridgehead atoms. The number of carboxylic acid groups (broad SMARTS) is 1. The summed E-state index contributed by atoms with van der Waals surface area (Å²) in [6.45, 7) is 1.44. The molecule has 0 amide bonds. The Bertz CT molecular complexity index is 307. The average Bonchev–Trinajstić information content (AvgIpc) is 2.73. The maximum absolute atomic E-state index is 10.5. The summed E-state index contributed by atoms with van der Waals surface area (Å²) in [5, 5.41) is 11.8. The summed E-state index contributed by atoms with van der Waals surface area (Å²) in [5.74, 6) is 0.397. The van der Waals surface area contributed by atoms with Gasteiger partial charge < -0.3 is 14.8 Å². The highest BCUT2D eigenvalue weighted by Crippen LogP contribution is 2.37. The van der Waals surface area contributed by atoms with E-state index in [4.69, 9.17) is 9.52 Å². The first-order valence-corrected chi connectivity index (χ1v) is 4.73. The van der Waals surface area contributed by atoms with Crippen LogP contribution in [0.2, 0.25) is 0 Å². The van der Waals surface area contributed by atoms with Crippen LogP contribution in [0.15, 0.2) is 22.8 Å². The summed E-state index contributed by atoms with van der Waals surface area (Å²) < 4.78 is 5.13. The quantitative estimate of drug-likeness (QED) is 0.738. The predicted octanol–water partition coefficient (Wildman–Crippen LogP) is 1.09. The molecule has 1 aliphatic rings. The molecule has 2 unspecified atom stereocenters. The van der Waals surface area contributed by atoms with Gasteiger partial charge in [-0.2, -0.15) is 0 Å². The van der Waals surface area contributed by atoms with Crippen LogP contribution in [0.3, 0.4) is 0 Å². The van der Waals surface area contributed by atoms with E-state index in [-0.39, 0.29) is 5.92 Å². The van der Waals surface area contributed by atoms with Gasteiger partial charge in [-0.1, -0.05) is 0 Å². The molecular weight excluding hydrogens is 182 g/mol.